The van der Waals surface area contributed by atoms with E-state index in [0.29, 0.717) is 6.04 Å². The first-order valence-electron chi connectivity index (χ1n) is 9.11. The van der Waals surface area contributed by atoms with Crippen molar-refractivity contribution in [3.8, 4) is 0 Å². The first kappa shape index (κ1) is 17.8. The minimum absolute atomic E-state index is 0.0790. The van der Waals surface area contributed by atoms with Crippen LogP contribution in [-0.2, 0) is 4.79 Å². The molecular formula is C18H32N4O. The van der Waals surface area contributed by atoms with Gasteiger partial charge in [0, 0.05) is 38.1 Å². The lowest BCUT2D eigenvalue weighted by atomic mass is 10.2. The van der Waals surface area contributed by atoms with Crippen LogP contribution in [0.3, 0.4) is 0 Å². The molecule has 0 spiro atoms. The van der Waals surface area contributed by atoms with E-state index in [1.807, 2.05) is 18.7 Å². The second-order valence-electron chi connectivity index (χ2n) is 6.83. The molecule has 23 heavy (non-hydrogen) atoms. The smallest absolute Gasteiger partial charge is 0.225 e. The quantitative estimate of drug-likeness (QED) is 0.448. The largest absolute Gasteiger partial charge is 0.357 e. The maximum Gasteiger partial charge on any atom is 0.225 e. The highest BCUT2D eigenvalue weighted by atomic mass is 16.2. The molecule has 1 aliphatic carbocycles. The number of carbonyl (C=O) groups excluding carboxylic acids is 1. The van der Waals surface area contributed by atoms with Gasteiger partial charge in [-0.1, -0.05) is 25.5 Å². The molecule has 0 radical (unpaired) electrons. The standard InChI is InChI=1S/C18H32N4O/c1-4-19-18(20-11-9-15-7-5-6-8-15)21-16-10-12-22(13-16)17(23)14(2)3/h7,14,16H,4-6,8-13H2,1-3H3,(H2,19,20,21). The molecule has 1 heterocycles. The van der Waals surface area contributed by atoms with Gasteiger partial charge in [0.05, 0.1) is 0 Å². The number of hydrogen-bond donors (Lipinski definition) is 2. The van der Waals surface area contributed by atoms with Gasteiger partial charge in [-0.15, -0.1) is 0 Å². The van der Waals surface area contributed by atoms with Gasteiger partial charge in [0.25, 0.3) is 0 Å². The van der Waals surface area contributed by atoms with E-state index in [1.54, 1.807) is 5.57 Å². The maximum atomic E-state index is 12.1. The van der Waals surface area contributed by atoms with Gasteiger partial charge in [0.15, 0.2) is 5.96 Å². The Balaban J connectivity index is 1.80. The van der Waals surface area contributed by atoms with Crippen LogP contribution in [-0.4, -0.2) is 49.0 Å². The predicted molar refractivity (Wildman–Crippen MR) is 95.5 cm³/mol. The van der Waals surface area contributed by atoms with E-state index in [2.05, 4.69) is 23.6 Å². The molecule has 1 aliphatic heterocycles. The molecular weight excluding hydrogens is 288 g/mol. The van der Waals surface area contributed by atoms with E-state index in [9.17, 15) is 4.79 Å². The second-order valence-corrected chi connectivity index (χ2v) is 6.83. The lowest BCUT2D eigenvalue weighted by molar-refractivity contribution is -0.133. The Morgan fingerprint density at radius 2 is 2.30 bits per heavy atom. The molecule has 1 atom stereocenters. The van der Waals surface area contributed by atoms with E-state index in [4.69, 9.17) is 4.99 Å². The lowest BCUT2D eigenvalue weighted by Crippen LogP contribution is -2.45. The van der Waals surface area contributed by atoms with Crippen molar-refractivity contribution in [2.24, 2.45) is 10.9 Å². The van der Waals surface area contributed by atoms with Gasteiger partial charge in [-0.2, -0.15) is 0 Å². The fraction of sp³-hybridized carbons (Fsp3) is 0.778. The number of nitrogens with one attached hydrogen (secondary N) is 2. The topological polar surface area (TPSA) is 56.7 Å². The number of hydrogen-bond acceptors (Lipinski definition) is 2. The van der Waals surface area contributed by atoms with Crippen LogP contribution in [0.5, 0.6) is 0 Å². The van der Waals surface area contributed by atoms with Crippen molar-refractivity contribution in [1.29, 1.82) is 0 Å². The number of amides is 1. The zero-order valence-electron chi connectivity index (χ0n) is 14.9. The summed E-state index contributed by atoms with van der Waals surface area (Å²) in [5.74, 6) is 1.22. The minimum atomic E-state index is 0.0790. The van der Waals surface area contributed by atoms with Crippen molar-refractivity contribution in [1.82, 2.24) is 15.5 Å². The molecule has 1 amide bonds. The molecule has 1 unspecified atom stereocenters. The fourth-order valence-corrected chi connectivity index (χ4v) is 3.23. The number of guanidine groups is 1. The van der Waals surface area contributed by atoms with Crippen molar-refractivity contribution in [2.45, 2.75) is 58.9 Å². The zero-order chi connectivity index (χ0) is 16.7. The van der Waals surface area contributed by atoms with Crippen molar-refractivity contribution in [3.05, 3.63) is 11.6 Å². The molecule has 130 valence electrons. The third kappa shape index (κ3) is 5.56. The third-order valence-corrected chi connectivity index (χ3v) is 4.52. The molecule has 0 saturated carbocycles. The molecule has 0 bridgehead atoms. The molecule has 5 nitrogen and oxygen atoms in total. The highest BCUT2D eigenvalue weighted by molar-refractivity contribution is 5.81. The van der Waals surface area contributed by atoms with Crippen LogP contribution in [0.2, 0.25) is 0 Å². The lowest BCUT2D eigenvalue weighted by Gasteiger charge is -2.20. The predicted octanol–water partition coefficient (Wildman–Crippen LogP) is 2.30. The highest BCUT2D eigenvalue weighted by Crippen LogP contribution is 2.20. The average Bonchev–Trinajstić information content (AvgIpc) is 3.18. The molecule has 2 rings (SSSR count). The third-order valence-electron chi connectivity index (χ3n) is 4.52. The Morgan fingerprint density at radius 3 is 2.96 bits per heavy atom. The molecule has 0 aromatic carbocycles. The Hall–Kier alpha value is -1.52. The van der Waals surface area contributed by atoms with Crippen LogP contribution in [0, 0.1) is 5.92 Å². The van der Waals surface area contributed by atoms with Gasteiger partial charge >= 0.3 is 0 Å². The van der Waals surface area contributed by atoms with Crippen molar-refractivity contribution >= 4 is 11.9 Å². The first-order valence-corrected chi connectivity index (χ1v) is 9.11. The van der Waals surface area contributed by atoms with Gasteiger partial charge in [-0.3, -0.25) is 9.79 Å². The van der Waals surface area contributed by atoms with E-state index in [1.165, 1.54) is 19.3 Å². The van der Waals surface area contributed by atoms with E-state index in [0.717, 1.165) is 45.0 Å². The van der Waals surface area contributed by atoms with Gasteiger partial charge in [-0.05, 0) is 39.0 Å². The van der Waals surface area contributed by atoms with Gasteiger partial charge < -0.3 is 15.5 Å². The van der Waals surface area contributed by atoms with Crippen LogP contribution >= 0.6 is 0 Å². The Bertz CT molecular complexity index is 456. The number of allylic oxidation sites excluding steroid dienone is 1. The van der Waals surface area contributed by atoms with Crippen LogP contribution in [0.15, 0.2) is 16.6 Å². The summed E-state index contributed by atoms with van der Waals surface area (Å²) in [5, 5.41) is 6.81. The van der Waals surface area contributed by atoms with Crippen LogP contribution in [0.4, 0.5) is 0 Å². The Morgan fingerprint density at radius 1 is 1.48 bits per heavy atom. The van der Waals surface area contributed by atoms with Crippen LogP contribution in [0.25, 0.3) is 0 Å². The fourth-order valence-electron chi connectivity index (χ4n) is 3.23. The summed E-state index contributed by atoms with van der Waals surface area (Å²) >= 11 is 0. The average molecular weight is 320 g/mol. The summed E-state index contributed by atoms with van der Waals surface area (Å²) < 4.78 is 0. The molecule has 5 heteroatoms. The van der Waals surface area contributed by atoms with Crippen molar-refractivity contribution < 1.29 is 4.79 Å². The minimum Gasteiger partial charge on any atom is -0.357 e. The van der Waals surface area contributed by atoms with E-state index < -0.39 is 0 Å². The summed E-state index contributed by atoms with van der Waals surface area (Å²) in [4.78, 5) is 18.7. The molecule has 0 aromatic heterocycles. The summed E-state index contributed by atoms with van der Waals surface area (Å²) in [5.41, 5.74) is 1.55. The highest BCUT2D eigenvalue weighted by Gasteiger charge is 2.27. The van der Waals surface area contributed by atoms with E-state index in [-0.39, 0.29) is 11.8 Å². The Labute approximate surface area is 140 Å². The van der Waals surface area contributed by atoms with Crippen molar-refractivity contribution in [2.75, 3.05) is 26.2 Å². The summed E-state index contributed by atoms with van der Waals surface area (Å²) in [7, 11) is 0. The Kier molecular flexibility index (Phi) is 6.93. The zero-order valence-corrected chi connectivity index (χ0v) is 14.9. The summed E-state index contributed by atoms with van der Waals surface area (Å²) in [6, 6.07) is 0.307. The molecule has 1 fully saturated rings. The molecule has 1 saturated heterocycles. The summed E-state index contributed by atoms with van der Waals surface area (Å²) in [6.07, 6.45) is 8.21. The number of nitrogens with zero attached hydrogens (tertiary/aromatic N) is 2. The number of likely N-dealkylation sites (tertiary alicyclic amines) is 1. The number of aliphatic imine (C=N–C) groups is 1. The normalized spacial score (nSPS) is 21.7. The first-order chi connectivity index (χ1) is 11.1. The SMILES string of the molecule is CCNC(=NCCC1=CCCC1)NC1CCN(C(=O)C(C)C)C1. The molecule has 0 aromatic rings. The second kappa shape index (κ2) is 8.94. The molecule has 2 aliphatic rings. The van der Waals surface area contributed by atoms with Crippen molar-refractivity contribution in [3.63, 3.8) is 0 Å². The van der Waals surface area contributed by atoms with Gasteiger partial charge in [-0.25, -0.2) is 0 Å². The van der Waals surface area contributed by atoms with Gasteiger partial charge in [0.1, 0.15) is 0 Å². The molecule has 2 N–H and O–H groups in total. The maximum absolute atomic E-state index is 12.1. The summed E-state index contributed by atoms with van der Waals surface area (Å²) in [6.45, 7) is 9.34. The van der Waals surface area contributed by atoms with Crippen LogP contribution < -0.4 is 10.6 Å². The number of carbonyl (C=O) groups is 1. The van der Waals surface area contributed by atoms with Crippen LogP contribution in [0.1, 0.15) is 52.9 Å². The monoisotopic (exact) mass is 320 g/mol. The van der Waals surface area contributed by atoms with E-state index >= 15 is 0 Å². The number of rotatable bonds is 6. The van der Waals surface area contributed by atoms with Gasteiger partial charge in [0.2, 0.25) is 5.91 Å².